The third kappa shape index (κ3) is 3.41. The van der Waals surface area contributed by atoms with Crippen LogP contribution < -0.4 is 4.74 Å². The summed E-state index contributed by atoms with van der Waals surface area (Å²) in [6.45, 7) is 0. The molecule has 0 saturated heterocycles. The maximum absolute atomic E-state index is 5.07. The highest BCUT2D eigenvalue weighted by Gasteiger charge is 1.88. The van der Waals surface area contributed by atoms with Gasteiger partial charge in [-0.1, -0.05) is 12.0 Å². The van der Waals surface area contributed by atoms with Gasteiger partial charge < -0.3 is 4.74 Å². The van der Waals surface area contributed by atoms with Crippen LogP contribution in [-0.4, -0.2) is 7.11 Å². The topological polar surface area (TPSA) is 9.23 Å². The lowest BCUT2D eigenvalue weighted by Crippen LogP contribution is -1.81. The lowest BCUT2D eigenvalue weighted by atomic mass is 10.2. The summed E-state index contributed by atoms with van der Waals surface area (Å²) in [5.74, 6) is 12.5. The minimum absolute atomic E-state index is 0.834. The van der Waals surface area contributed by atoms with Crippen LogP contribution in [0.5, 0.6) is 5.75 Å². The molecule has 0 saturated carbocycles. The van der Waals surface area contributed by atoms with Gasteiger partial charge in [-0.15, -0.1) is 11.3 Å². The fourth-order valence-electron chi connectivity index (χ4n) is 1.22. The summed E-state index contributed by atoms with van der Waals surface area (Å²) in [4.78, 5) is 1.04. The fraction of sp³-hybridized carbons (Fsp3) is 0.0667. The monoisotopic (exact) mass is 238 g/mol. The van der Waals surface area contributed by atoms with Gasteiger partial charge in [0.15, 0.2) is 0 Å². The Morgan fingerprint density at radius 2 is 1.76 bits per heavy atom. The molecule has 0 amide bonds. The molecule has 0 spiro atoms. The van der Waals surface area contributed by atoms with Gasteiger partial charge in [0.05, 0.1) is 12.0 Å². The summed E-state index contributed by atoms with van der Waals surface area (Å²) in [5, 5.41) is 2.00. The van der Waals surface area contributed by atoms with Crippen molar-refractivity contribution in [2.45, 2.75) is 0 Å². The largest absolute Gasteiger partial charge is 0.497 e. The molecule has 2 aromatic rings. The highest BCUT2D eigenvalue weighted by Crippen LogP contribution is 2.10. The van der Waals surface area contributed by atoms with Gasteiger partial charge in [0.25, 0.3) is 0 Å². The molecular formula is C15H10OS. The number of ether oxygens (including phenoxy) is 1. The maximum Gasteiger partial charge on any atom is 0.118 e. The van der Waals surface area contributed by atoms with Crippen molar-refractivity contribution in [3.8, 4) is 29.4 Å². The third-order valence-electron chi connectivity index (χ3n) is 2.07. The zero-order valence-electron chi connectivity index (χ0n) is 9.36. The molecule has 1 nitrogen and oxygen atoms in total. The quantitative estimate of drug-likeness (QED) is 0.693. The van der Waals surface area contributed by atoms with E-state index >= 15 is 0 Å². The van der Waals surface area contributed by atoms with Crippen LogP contribution in [0.1, 0.15) is 10.4 Å². The van der Waals surface area contributed by atoms with E-state index in [0.29, 0.717) is 0 Å². The molecule has 0 bridgehead atoms. The van der Waals surface area contributed by atoms with Crippen LogP contribution in [0.15, 0.2) is 41.8 Å². The minimum atomic E-state index is 0.834. The lowest BCUT2D eigenvalue weighted by molar-refractivity contribution is 0.415. The van der Waals surface area contributed by atoms with Crippen molar-refractivity contribution in [2.24, 2.45) is 0 Å². The van der Waals surface area contributed by atoms with Crippen molar-refractivity contribution in [2.75, 3.05) is 7.11 Å². The second kappa shape index (κ2) is 5.80. The number of methoxy groups -OCH3 is 1. The molecule has 0 unspecified atom stereocenters. The van der Waals surface area contributed by atoms with Gasteiger partial charge in [-0.05, 0) is 53.5 Å². The Morgan fingerprint density at radius 3 is 2.41 bits per heavy atom. The van der Waals surface area contributed by atoms with Crippen LogP contribution in [-0.2, 0) is 0 Å². The van der Waals surface area contributed by atoms with Gasteiger partial charge in [0, 0.05) is 5.56 Å². The van der Waals surface area contributed by atoms with E-state index in [1.165, 1.54) is 0 Å². The van der Waals surface area contributed by atoms with E-state index in [2.05, 4.69) is 23.7 Å². The first-order chi connectivity index (χ1) is 8.38. The van der Waals surface area contributed by atoms with Crippen molar-refractivity contribution in [3.05, 3.63) is 52.2 Å². The van der Waals surface area contributed by atoms with Gasteiger partial charge in [-0.2, -0.15) is 0 Å². The molecule has 0 aliphatic heterocycles. The van der Waals surface area contributed by atoms with E-state index in [1.54, 1.807) is 18.4 Å². The Hall–Kier alpha value is -2.16. The maximum atomic E-state index is 5.07. The standard InChI is InChI=1S/C15H10OS/c1-16-14-10-8-13(9-11-14)5-2-3-6-15-7-4-12-17-15/h4,7-12H,1H3. The molecule has 1 aromatic heterocycles. The number of rotatable bonds is 1. The highest BCUT2D eigenvalue weighted by molar-refractivity contribution is 7.10. The molecule has 1 aromatic carbocycles. The molecule has 0 radical (unpaired) electrons. The Labute approximate surface area is 105 Å². The van der Waals surface area contributed by atoms with Crippen molar-refractivity contribution < 1.29 is 4.74 Å². The van der Waals surface area contributed by atoms with Gasteiger partial charge >= 0.3 is 0 Å². The van der Waals surface area contributed by atoms with Gasteiger partial charge in [0.2, 0.25) is 0 Å². The van der Waals surface area contributed by atoms with Crippen molar-refractivity contribution in [1.82, 2.24) is 0 Å². The van der Waals surface area contributed by atoms with Gasteiger partial charge in [0.1, 0.15) is 5.75 Å². The van der Waals surface area contributed by atoms with E-state index in [4.69, 9.17) is 4.74 Å². The number of hydrogen-bond acceptors (Lipinski definition) is 2. The van der Waals surface area contributed by atoms with Crippen LogP contribution in [0.3, 0.4) is 0 Å². The average molecular weight is 238 g/mol. The highest BCUT2D eigenvalue weighted by atomic mass is 32.1. The summed E-state index contributed by atoms with van der Waals surface area (Å²) < 4.78 is 5.07. The van der Waals surface area contributed by atoms with Crippen LogP contribution in [0, 0.1) is 23.7 Å². The molecule has 2 heteroatoms. The fourth-order valence-corrected chi connectivity index (χ4v) is 1.79. The van der Waals surface area contributed by atoms with Crippen molar-refractivity contribution in [3.63, 3.8) is 0 Å². The Bertz CT molecular complexity index is 586. The van der Waals surface area contributed by atoms with Crippen LogP contribution in [0.2, 0.25) is 0 Å². The normalized spacial score (nSPS) is 8.53. The Kier molecular flexibility index (Phi) is 3.86. The SMILES string of the molecule is COc1ccc(C#CC#Cc2cccs2)cc1. The van der Waals surface area contributed by atoms with Crippen LogP contribution >= 0.6 is 11.3 Å². The Morgan fingerprint density at radius 1 is 1.00 bits per heavy atom. The molecule has 0 aliphatic rings. The molecule has 0 aliphatic carbocycles. The first kappa shape index (κ1) is 11.3. The van der Waals surface area contributed by atoms with E-state index < -0.39 is 0 Å². The minimum Gasteiger partial charge on any atom is -0.497 e. The van der Waals surface area contributed by atoms with Gasteiger partial charge in [-0.3, -0.25) is 0 Å². The predicted molar refractivity (Wildman–Crippen MR) is 71.1 cm³/mol. The number of benzene rings is 1. The molecule has 17 heavy (non-hydrogen) atoms. The zero-order valence-corrected chi connectivity index (χ0v) is 10.2. The van der Waals surface area contributed by atoms with E-state index in [0.717, 1.165) is 16.2 Å². The number of hydrogen-bond donors (Lipinski definition) is 0. The predicted octanol–water partition coefficient (Wildman–Crippen LogP) is 3.16. The Balaban J connectivity index is 2.06. The summed E-state index contributed by atoms with van der Waals surface area (Å²) in [6, 6.07) is 11.6. The summed E-state index contributed by atoms with van der Waals surface area (Å²) in [6.07, 6.45) is 0. The number of thiophene rings is 1. The van der Waals surface area contributed by atoms with Crippen LogP contribution in [0.4, 0.5) is 0 Å². The smallest absolute Gasteiger partial charge is 0.118 e. The average Bonchev–Trinajstić information content (AvgIpc) is 2.88. The van der Waals surface area contributed by atoms with E-state index in [9.17, 15) is 0 Å². The molecule has 0 N–H and O–H groups in total. The second-order valence-electron chi connectivity index (χ2n) is 3.21. The van der Waals surface area contributed by atoms with Crippen molar-refractivity contribution in [1.29, 1.82) is 0 Å². The van der Waals surface area contributed by atoms with E-state index in [-0.39, 0.29) is 0 Å². The lowest BCUT2D eigenvalue weighted by Gasteiger charge is -1.96. The van der Waals surface area contributed by atoms with Crippen molar-refractivity contribution >= 4 is 11.3 Å². The summed E-state index contributed by atoms with van der Waals surface area (Å²) in [5.41, 5.74) is 0.936. The molecular weight excluding hydrogens is 228 g/mol. The summed E-state index contributed by atoms with van der Waals surface area (Å²) >= 11 is 1.62. The van der Waals surface area contributed by atoms with E-state index in [1.807, 2.05) is 41.8 Å². The summed E-state index contributed by atoms with van der Waals surface area (Å²) in [7, 11) is 1.65. The molecule has 0 fully saturated rings. The third-order valence-corrected chi connectivity index (χ3v) is 2.85. The molecule has 1 heterocycles. The van der Waals surface area contributed by atoms with Crippen LogP contribution in [0.25, 0.3) is 0 Å². The molecule has 0 atom stereocenters. The second-order valence-corrected chi connectivity index (χ2v) is 4.15. The zero-order chi connectivity index (χ0) is 11.9. The molecule has 2 rings (SSSR count). The molecule has 82 valence electrons. The van der Waals surface area contributed by atoms with Gasteiger partial charge in [-0.25, -0.2) is 0 Å². The first-order valence-corrected chi connectivity index (χ1v) is 5.96. The first-order valence-electron chi connectivity index (χ1n) is 5.08.